The van der Waals surface area contributed by atoms with Crippen LogP contribution < -0.4 is 0 Å². The second kappa shape index (κ2) is 10.4. The van der Waals surface area contributed by atoms with Crippen molar-refractivity contribution in [2.75, 3.05) is 13.6 Å². The van der Waals surface area contributed by atoms with Crippen molar-refractivity contribution in [2.24, 2.45) is 0 Å². The molecular weight excluding hydrogens is 484 g/mol. The van der Waals surface area contributed by atoms with E-state index < -0.39 is 17.8 Å². The molecule has 1 aromatic heterocycles. The number of halogens is 4. The molecule has 0 saturated carbocycles. The first kappa shape index (κ1) is 25.2. The standard InChI is InChI=1S/C24H24F4N4O2S/c1-15-21(30-34-29-15)14-31(2)23(33)22-11-20(35-19-9-7-18(25)8-10-19)13-32(22)12-16-3-5-17(6-4-16)24(26,27)28/h3-10,20,22H,11-14H2,1-2H3/t20-,22+/m1/s1. The van der Waals surface area contributed by atoms with Gasteiger partial charge in [0.1, 0.15) is 17.2 Å². The molecular formula is C24H24F4N4O2S. The summed E-state index contributed by atoms with van der Waals surface area (Å²) in [5, 5.41) is 7.63. The molecule has 1 fully saturated rings. The van der Waals surface area contributed by atoms with E-state index in [-0.39, 0.29) is 23.5 Å². The highest BCUT2D eigenvalue weighted by molar-refractivity contribution is 8.00. The number of likely N-dealkylation sites (tertiary alicyclic amines) is 1. The van der Waals surface area contributed by atoms with Gasteiger partial charge < -0.3 is 4.90 Å². The molecule has 35 heavy (non-hydrogen) atoms. The number of likely N-dealkylation sites (N-methyl/N-ethyl adjacent to an activating group) is 1. The molecule has 6 nitrogen and oxygen atoms in total. The first-order valence-corrected chi connectivity index (χ1v) is 11.8. The Hall–Kier alpha value is -2.92. The van der Waals surface area contributed by atoms with Crippen LogP contribution in [0.5, 0.6) is 0 Å². The number of amides is 1. The molecule has 0 unspecified atom stereocenters. The van der Waals surface area contributed by atoms with Crippen molar-refractivity contribution in [1.29, 1.82) is 0 Å². The Labute approximate surface area is 204 Å². The minimum absolute atomic E-state index is 0.0488. The minimum atomic E-state index is -4.40. The summed E-state index contributed by atoms with van der Waals surface area (Å²) in [5.41, 5.74) is 1.13. The SMILES string of the molecule is Cc1nonc1CN(C)C(=O)[C@@H]1C[C@@H](Sc2ccc(F)cc2)CN1Cc1ccc(C(F)(F)F)cc1. The van der Waals surface area contributed by atoms with Gasteiger partial charge in [-0.25, -0.2) is 9.02 Å². The van der Waals surface area contributed by atoms with Gasteiger partial charge in [-0.05, 0) is 55.3 Å². The van der Waals surface area contributed by atoms with Crippen LogP contribution in [-0.4, -0.2) is 50.9 Å². The van der Waals surface area contributed by atoms with Gasteiger partial charge in [-0.1, -0.05) is 22.4 Å². The molecule has 1 saturated heterocycles. The van der Waals surface area contributed by atoms with E-state index >= 15 is 0 Å². The Balaban J connectivity index is 1.51. The largest absolute Gasteiger partial charge is 0.416 e. The molecule has 0 radical (unpaired) electrons. The molecule has 3 aromatic rings. The first-order chi connectivity index (χ1) is 16.6. The third-order valence-electron chi connectivity index (χ3n) is 5.94. The smallest absolute Gasteiger partial charge is 0.338 e. The van der Waals surface area contributed by atoms with Gasteiger partial charge in [0.2, 0.25) is 5.91 Å². The van der Waals surface area contributed by atoms with Crippen LogP contribution in [0.2, 0.25) is 0 Å². The second-order valence-corrected chi connectivity index (χ2v) is 9.93. The lowest BCUT2D eigenvalue weighted by molar-refractivity contribution is -0.137. The van der Waals surface area contributed by atoms with Crippen molar-refractivity contribution in [3.8, 4) is 0 Å². The van der Waals surface area contributed by atoms with E-state index in [1.54, 1.807) is 42.8 Å². The number of hydrogen-bond acceptors (Lipinski definition) is 6. The molecule has 1 amide bonds. The second-order valence-electron chi connectivity index (χ2n) is 8.56. The number of nitrogens with zero attached hydrogens (tertiary/aromatic N) is 4. The minimum Gasteiger partial charge on any atom is -0.338 e. The summed E-state index contributed by atoms with van der Waals surface area (Å²) in [7, 11) is 1.67. The fraction of sp³-hybridized carbons (Fsp3) is 0.375. The summed E-state index contributed by atoms with van der Waals surface area (Å²) < 4.78 is 56.8. The molecule has 1 aliphatic rings. The van der Waals surface area contributed by atoms with Crippen molar-refractivity contribution >= 4 is 17.7 Å². The van der Waals surface area contributed by atoms with Gasteiger partial charge in [0.15, 0.2) is 0 Å². The Morgan fingerprint density at radius 1 is 1.14 bits per heavy atom. The van der Waals surface area contributed by atoms with Gasteiger partial charge in [-0.3, -0.25) is 9.69 Å². The summed E-state index contributed by atoms with van der Waals surface area (Å²) in [6, 6.07) is 10.7. The maximum Gasteiger partial charge on any atom is 0.416 e. The van der Waals surface area contributed by atoms with Gasteiger partial charge in [-0.2, -0.15) is 13.2 Å². The third kappa shape index (κ3) is 6.21. The van der Waals surface area contributed by atoms with Crippen LogP contribution in [0, 0.1) is 12.7 Å². The van der Waals surface area contributed by atoms with Crippen molar-refractivity contribution in [3.63, 3.8) is 0 Å². The first-order valence-electron chi connectivity index (χ1n) is 11.0. The fourth-order valence-electron chi connectivity index (χ4n) is 4.07. The highest BCUT2D eigenvalue weighted by Gasteiger charge is 2.39. The maximum absolute atomic E-state index is 13.4. The normalized spacial score (nSPS) is 18.7. The molecule has 2 atom stereocenters. The van der Waals surface area contributed by atoms with Crippen LogP contribution in [0.4, 0.5) is 17.6 Å². The van der Waals surface area contributed by atoms with Crippen LogP contribution >= 0.6 is 11.8 Å². The molecule has 186 valence electrons. The van der Waals surface area contributed by atoms with Gasteiger partial charge in [-0.15, -0.1) is 11.8 Å². The fourth-order valence-corrected chi connectivity index (χ4v) is 5.29. The lowest BCUT2D eigenvalue weighted by Crippen LogP contribution is -2.43. The molecule has 2 heterocycles. The number of hydrogen-bond donors (Lipinski definition) is 0. The number of aryl methyl sites for hydroxylation is 1. The predicted octanol–water partition coefficient (Wildman–Crippen LogP) is 4.93. The quantitative estimate of drug-likeness (QED) is 0.422. The molecule has 0 N–H and O–H groups in total. The Kier molecular flexibility index (Phi) is 7.46. The van der Waals surface area contributed by atoms with Crippen molar-refractivity contribution in [2.45, 2.75) is 48.8 Å². The zero-order chi connectivity index (χ0) is 25.2. The van der Waals surface area contributed by atoms with Gasteiger partial charge in [0, 0.05) is 30.3 Å². The topological polar surface area (TPSA) is 62.5 Å². The number of benzene rings is 2. The van der Waals surface area contributed by atoms with Crippen LogP contribution in [0.15, 0.2) is 58.1 Å². The molecule has 0 aliphatic carbocycles. The molecule has 4 rings (SSSR count). The number of aromatic nitrogens is 2. The number of carbonyl (C=O) groups excluding carboxylic acids is 1. The Morgan fingerprint density at radius 2 is 1.83 bits per heavy atom. The van der Waals surface area contributed by atoms with Crippen molar-refractivity contribution in [1.82, 2.24) is 20.1 Å². The zero-order valence-corrected chi connectivity index (χ0v) is 19.9. The summed E-state index contributed by atoms with van der Waals surface area (Å²) in [5.74, 6) is -0.446. The average Bonchev–Trinajstić information content (AvgIpc) is 3.40. The monoisotopic (exact) mass is 508 g/mol. The van der Waals surface area contributed by atoms with Crippen molar-refractivity contribution in [3.05, 3.63) is 76.9 Å². The molecule has 0 bridgehead atoms. The number of thioether (sulfide) groups is 1. The Bertz CT molecular complexity index is 1150. The van der Waals surface area contributed by atoms with Crippen LogP contribution in [0.25, 0.3) is 0 Å². The highest BCUT2D eigenvalue weighted by atomic mass is 32.2. The van der Waals surface area contributed by atoms with E-state index in [2.05, 4.69) is 10.3 Å². The van der Waals surface area contributed by atoms with E-state index in [0.717, 1.165) is 17.0 Å². The Morgan fingerprint density at radius 3 is 2.43 bits per heavy atom. The summed E-state index contributed by atoms with van der Waals surface area (Å²) >= 11 is 1.56. The van der Waals surface area contributed by atoms with E-state index in [4.69, 9.17) is 4.63 Å². The number of rotatable bonds is 7. The van der Waals surface area contributed by atoms with E-state index in [0.29, 0.717) is 36.5 Å². The van der Waals surface area contributed by atoms with Crippen LogP contribution in [0.1, 0.15) is 28.9 Å². The van der Waals surface area contributed by atoms with Crippen LogP contribution in [0.3, 0.4) is 0 Å². The number of alkyl halides is 3. The van der Waals surface area contributed by atoms with Crippen LogP contribution in [-0.2, 0) is 24.1 Å². The van der Waals surface area contributed by atoms with Gasteiger partial charge >= 0.3 is 6.18 Å². The maximum atomic E-state index is 13.4. The van der Waals surface area contributed by atoms with E-state index in [1.165, 1.54) is 24.3 Å². The zero-order valence-electron chi connectivity index (χ0n) is 19.1. The number of carbonyl (C=O) groups is 1. The van der Waals surface area contributed by atoms with Gasteiger partial charge in [0.05, 0.1) is 18.2 Å². The third-order valence-corrected chi connectivity index (χ3v) is 7.16. The van der Waals surface area contributed by atoms with Crippen molar-refractivity contribution < 1.29 is 27.0 Å². The van der Waals surface area contributed by atoms with E-state index in [1.807, 2.05) is 4.90 Å². The van der Waals surface area contributed by atoms with Gasteiger partial charge in [0.25, 0.3) is 0 Å². The highest BCUT2D eigenvalue weighted by Crippen LogP contribution is 2.35. The average molecular weight is 509 g/mol. The predicted molar refractivity (Wildman–Crippen MR) is 122 cm³/mol. The lowest BCUT2D eigenvalue weighted by atomic mass is 10.1. The molecule has 1 aliphatic heterocycles. The molecule has 0 spiro atoms. The summed E-state index contributed by atoms with van der Waals surface area (Å²) in [6.07, 6.45) is -3.86. The van der Waals surface area contributed by atoms with E-state index in [9.17, 15) is 22.4 Å². The summed E-state index contributed by atoms with van der Waals surface area (Å²) in [6.45, 7) is 2.85. The summed E-state index contributed by atoms with van der Waals surface area (Å²) in [4.78, 5) is 17.8. The molecule has 2 aromatic carbocycles. The lowest BCUT2D eigenvalue weighted by Gasteiger charge is -2.27. The molecule has 11 heteroatoms.